The highest BCUT2D eigenvalue weighted by Gasteiger charge is 1.96. The van der Waals surface area contributed by atoms with Gasteiger partial charge >= 0.3 is 0 Å². The molecule has 80 valence electrons. The van der Waals surface area contributed by atoms with Gasteiger partial charge in [0, 0.05) is 12.2 Å². The molecule has 0 heterocycles. The van der Waals surface area contributed by atoms with E-state index in [9.17, 15) is 0 Å². The third-order valence-electron chi connectivity index (χ3n) is 1.80. The molecule has 0 aliphatic rings. The molecular weight excluding hydrogens is 188 g/mol. The zero-order valence-corrected chi connectivity index (χ0v) is 9.19. The largest absolute Gasteiger partial charge is 0.353 e. The first-order chi connectivity index (χ1) is 7.33. The molecule has 1 aromatic rings. The molecule has 0 saturated heterocycles. The Kier molecular flexibility index (Phi) is 5.54. The van der Waals surface area contributed by atoms with E-state index in [0.717, 1.165) is 5.56 Å². The van der Waals surface area contributed by atoms with E-state index in [2.05, 4.69) is 11.8 Å². The highest BCUT2D eigenvalue weighted by Crippen LogP contribution is 1.95. The molecule has 1 atom stereocenters. The zero-order valence-electron chi connectivity index (χ0n) is 9.19. The van der Waals surface area contributed by atoms with Crippen LogP contribution in [0.25, 0.3) is 0 Å². The third kappa shape index (κ3) is 5.21. The molecule has 2 heteroatoms. The van der Waals surface area contributed by atoms with Crippen molar-refractivity contribution in [2.75, 3.05) is 13.2 Å². The maximum atomic E-state index is 5.31. The lowest BCUT2D eigenvalue weighted by Crippen LogP contribution is -2.12. The minimum absolute atomic E-state index is 0.180. The summed E-state index contributed by atoms with van der Waals surface area (Å²) in [5.74, 6) is 5.95. The lowest BCUT2D eigenvalue weighted by atomic mass is 10.2. The first kappa shape index (κ1) is 11.8. The second kappa shape index (κ2) is 7.05. The van der Waals surface area contributed by atoms with Gasteiger partial charge in [0.05, 0.1) is 0 Å². The van der Waals surface area contributed by atoms with E-state index in [0.29, 0.717) is 13.2 Å². The normalized spacial score (nSPS) is 11.6. The summed E-state index contributed by atoms with van der Waals surface area (Å²) in [5.41, 5.74) is 1.00. The quantitative estimate of drug-likeness (QED) is 0.554. The van der Waals surface area contributed by atoms with Crippen molar-refractivity contribution < 1.29 is 9.47 Å². The summed E-state index contributed by atoms with van der Waals surface area (Å²) in [5, 5.41) is 0. The number of hydrogen-bond donors (Lipinski definition) is 0. The van der Waals surface area contributed by atoms with Gasteiger partial charge in [-0.2, -0.15) is 0 Å². The van der Waals surface area contributed by atoms with Crippen molar-refractivity contribution in [3.63, 3.8) is 0 Å². The predicted octanol–water partition coefficient (Wildman–Crippen LogP) is 2.44. The molecule has 0 N–H and O–H groups in total. The van der Waals surface area contributed by atoms with Gasteiger partial charge in [-0.15, -0.1) is 0 Å². The van der Waals surface area contributed by atoms with Gasteiger partial charge < -0.3 is 9.47 Å². The molecule has 0 spiro atoms. The molecule has 0 radical (unpaired) electrons. The predicted molar refractivity (Wildman–Crippen MR) is 60.4 cm³/mol. The topological polar surface area (TPSA) is 18.5 Å². The monoisotopic (exact) mass is 204 g/mol. The van der Waals surface area contributed by atoms with Crippen LogP contribution in [-0.4, -0.2) is 19.5 Å². The number of ether oxygens (including phenoxy) is 2. The fraction of sp³-hybridized carbons (Fsp3) is 0.385. The fourth-order valence-electron chi connectivity index (χ4n) is 1.10. The van der Waals surface area contributed by atoms with Crippen molar-refractivity contribution in [1.29, 1.82) is 0 Å². The maximum absolute atomic E-state index is 5.31. The van der Waals surface area contributed by atoms with Gasteiger partial charge in [0.25, 0.3) is 0 Å². The first-order valence-corrected chi connectivity index (χ1v) is 5.10. The Labute approximate surface area is 91.2 Å². The lowest BCUT2D eigenvalue weighted by Gasteiger charge is -2.09. The van der Waals surface area contributed by atoms with Crippen LogP contribution in [0.15, 0.2) is 30.3 Å². The molecule has 0 fully saturated rings. The Balaban J connectivity index is 2.28. The molecule has 15 heavy (non-hydrogen) atoms. The van der Waals surface area contributed by atoms with Crippen LogP contribution < -0.4 is 0 Å². The van der Waals surface area contributed by atoms with Crippen LogP contribution in [0.5, 0.6) is 0 Å². The van der Waals surface area contributed by atoms with Crippen molar-refractivity contribution in [1.82, 2.24) is 0 Å². The van der Waals surface area contributed by atoms with Gasteiger partial charge in [-0.25, -0.2) is 0 Å². The van der Waals surface area contributed by atoms with Crippen LogP contribution >= 0.6 is 0 Å². The minimum atomic E-state index is -0.180. The molecule has 0 saturated carbocycles. The van der Waals surface area contributed by atoms with Crippen molar-refractivity contribution in [3.8, 4) is 11.8 Å². The molecular formula is C13H16O2. The first-order valence-electron chi connectivity index (χ1n) is 5.10. The number of benzene rings is 1. The van der Waals surface area contributed by atoms with Gasteiger partial charge in [0.15, 0.2) is 6.29 Å². The maximum Gasteiger partial charge on any atom is 0.156 e. The van der Waals surface area contributed by atoms with Crippen LogP contribution in [0.3, 0.4) is 0 Å². The van der Waals surface area contributed by atoms with Crippen LogP contribution in [0.4, 0.5) is 0 Å². The van der Waals surface area contributed by atoms with Crippen LogP contribution in [0.2, 0.25) is 0 Å². The highest BCUT2D eigenvalue weighted by molar-refractivity contribution is 5.33. The second-order valence-corrected chi connectivity index (χ2v) is 3.00. The van der Waals surface area contributed by atoms with Crippen LogP contribution in [0.1, 0.15) is 19.4 Å². The average Bonchev–Trinajstić information content (AvgIpc) is 2.26. The van der Waals surface area contributed by atoms with E-state index in [4.69, 9.17) is 9.47 Å². The Morgan fingerprint density at radius 2 is 1.93 bits per heavy atom. The summed E-state index contributed by atoms with van der Waals surface area (Å²) < 4.78 is 10.5. The van der Waals surface area contributed by atoms with E-state index in [-0.39, 0.29) is 6.29 Å². The standard InChI is InChI=1S/C13H16O2/c1-3-14-12(2)15-11-7-10-13-8-5-4-6-9-13/h4-6,8-9,12H,3,11H2,1-2H3. The second-order valence-electron chi connectivity index (χ2n) is 3.00. The van der Waals surface area contributed by atoms with E-state index < -0.39 is 0 Å². The fourth-order valence-corrected chi connectivity index (χ4v) is 1.10. The summed E-state index contributed by atoms with van der Waals surface area (Å²) >= 11 is 0. The molecule has 1 unspecified atom stereocenters. The summed E-state index contributed by atoms with van der Waals surface area (Å²) in [4.78, 5) is 0. The smallest absolute Gasteiger partial charge is 0.156 e. The summed E-state index contributed by atoms with van der Waals surface area (Å²) in [7, 11) is 0. The zero-order chi connectivity index (χ0) is 10.9. The van der Waals surface area contributed by atoms with Crippen molar-refractivity contribution >= 4 is 0 Å². The molecule has 0 aliphatic heterocycles. The Hall–Kier alpha value is -1.30. The Morgan fingerprint density at radius 3 is 2.60 bits per heavy atom. The molecule has 2 nitrogen and oxygen atoms in total. The molecule has 1 rings (SSSR count). The third-order valence-corrected chi connectivity index (χ3v) is 1.80. The summed E-state index contributed by atoms with van der Waals surface area (Å²) in [6, 6.07) is 9.85. The van der Waals surface area contributed by atoms with Crippen molar-refractivity contribution in [2.45, 2.75) is 20.1 Å². The Morgan fingerprint density at radius 1 is 1.20 bits per heavy atom. The van der Waals surface area contributed by atoms with Gasteiger partial charge in [-0.3, -0.25) is 0 Å². The molecule has 0 bridgehead atoms. The van der Waals surface area contributed by atoms with Crippen molar-refractivity contribution in [3.05, 3.63) is 35.9 Å². The van der Waals surface area contributed by atoms with Crippen LogP contribution in [-0.2, 0) is 9.47 Å². The molecule has 0 aliphatic carbocycles. The van der Waals surface area contributed by atoms with Crippen molar-refractivity contribution in [2.24, 2.45) is 0 Å². The summed E-state index contributed by atoms with van der Waals surface area (Å²) in [6.45, 7) is 4.87. The summed E-state index contributed by atoms with van der Waals surface area (Å²) in [6.07, 6.45) is -0.180. The van der Waals surface area contributed by atoms with Gasteiger partial charge in [0.2, 0.25) is 0 Å². The van der Waals surface area contributed by atoms with E-state index >= 15 is 0 Å². The minimum Gasteiger partial charge on any atom is -0.353 e. The average molecular weight is 204 g/mol. The lowest BCUT2D eigenvalue weighted by molar-refractivity contribution is -0.117. The van der Waals surface area contributed by atoms with Gasteiger partial charge in [0.1, 0.15) is 6.61 Å². The highest BCUT2D eigenvalue weighted by atomic mass is 16.7. The van der Waals surface area contributed by atoms with Crippen LogP contribution in [0, 0.1) is 11.8 Å². The Bertz CT molecular complexity index is 321. The molecule has 1 aromatic carbocycles. The number of hydrogen-bond acceptors (Lipinski definition) is 2. The van der Waals surface area contributed by atoms with E-state index in [1.54, 1.807) is 0 Å². The number of rotatable bonds is 4. The molecule has 0 amide bonds. The van der Waals surface area contributed by atoms with Gasteiger partial charge in [-0.05, 0) is 26.0 Å². The SMILES string of the molecule is CCOC(C)OCC#Cc1ccccc1. The molecule has 0 aromatic heterocycles. The van der Waals surface area contributed by atoms with E-state index in [1.807, 2.05) is 44.2 Å². The van der Waals surface area contributed by atoms with Gasteiger partial charge in [-0.1, -0.05) is 30.0 Å². The van der Waals surface area contributed by atoms with E-state index in [1.165, 1.54) is 0 Å².